The molecular formula is C13H16N4. The van der Waals surface area contributed by atoms with Crippen molar-refractivity contribution in [3.05, 3.63) is 42.4 Å². The molecule has 1 aromatic rings. The molecule has 0 radical (unpaired) electrons. The number of piperidine rings is 1. The van der Waals surface area contributed by atoms with Crippen LogP contribution in [0.15, 0.2) is 46.9 Å². The van der Waals surface area contributed by atoms with Crippen LogP contribution < -0.4 is 5.32 Å². The van der Waals surface area contributed by atoms with E-state index in [4.69, 9.17) is 0 Å². The van der Waals surface area contributed by atoms with Crippen molar-refractivity contribution in [2.24, 2.45) is 16.1 Å². The van der Waals surface area contributed by atoms with Crippen molar-refractivity contribution in [2.75, 3.05) is 13.1 Å². The second-order valence-corrected chi connectivity index (χ2v) is 4.60. The maximum absolute atomic E-state index is 4.48. The average Bonchev–Trinajstić information content (AvgIpc) is 2.91. The molecule has 1 saturated heterocycles. The number of rotatable bonds is 2. The molecule has 17 heavy (non-hydrogen) atoms. The molecule has 4 nitrogen and oxygen atoms in total. The summed E-state index contributed by atoms with van der Waals surface area (Å²) >= 11 is 0. The Kier molecular flexibility index (Phi) is 2.73. The molecule has 1 atom stereocenters. The van der Waals surface area contributed by atoms with Crippen LogP contribution in [0.4, 0.5) is 0 Å². The van der Waals surface area contributed by atoms with Crippen LogP contribution in [0.1, 0.15) is 18.5 Å². The molecule has 0 aliphatic carbocycles. The summed E-state index contributed by atoms with van der Waals surface area (Å²) in [5.41, 5.74) is 0.702. The number of nitrogens with one attached hydrogen (secondary N) is 1. The molecule has 0 spiro atoms. The summed E-state index contributed by atoms with van der Waals surface area (Å²) in [7, 11) is 0. The minimum atomic E-state index is -0.316. The maximum Gasteiger partial charge on any atom is 0.146 e. The highest BCUT2D eigenvalue weighted by Gasteiger charge is 2.41. The van der Waals surface area contributed by atoms with Crippen LogP contribution in [0.5, 0.6) is 0 Å². The van der Waals surface area contributed by atoms with E-state index in [1.807, 2.05) is 18.3 Å². The van der Waals surface area contributed by atoms with Crippen LogP contribution in [-0.2, 0) is 5.54 Å². The molecular weight excluding hydrogens is 212 g/mol. The van der Waals surface area contributed by atoms with Gasteiger partial charge in [-0.2, -0.15) is 10.2 Å². The smallest absolute Gasteiger partial charge is 0.146 e. The lowest BCUT2D eigenvalue weighted by Crippen LogP contribution is -2.39. The fraction of sp³-hybridized carbons (Fsp3) is 0.462. The normalized spacial score (nSPS) is 28.7. The van der Waals surface area contributed by atoms with Gasteiger partial charge in [0.15, 0.2) is 0 Å². The lowest BCUT2D eigenvalue weighted by molar-refractivity contribution is 0.257. The van der Waals surface area contributed by atoms with E-state index in [-0.39, 0.29) is 5.54 Å². The fourth-order valence-electron chi connectivity index (χ4n) is 2.73. The molecule has 0 bridgehead atoms. The van der Waals surface area contributed by atoms with E-state index in [1.165, 1.54) is 0 Å². The summed E-state index contributed by atoms with van der Waals surface area (Å²) in [6, 6.07) is 6.01. The first-order valence-corrected chi connectivity index (χ1v) is 6.14. The van der Waals surface area contributed by atoms with Crippen molar-refractivity contribution in [2.45, 2.75) is 18.4 Å². The van der Waals surface area contributed by atoms with Gasteiger partial charge in [-0.05, 0) is 50.1 Å². The highest BCUT2D eigenvalue weighted by Crippen LogP contribution is 2.41. The molecule has 1 N–H and O–H groups in total. The SMILES string of the molecule is C1=CC(c2ccccn2)(C2CCNCC2)N=N1. The van der Waals surface area contributed by atoms with E-state index in [0.717, 1.165) is 31.6 Å². The standard InChI is InChI=1S/C13H16N4/c1-2-7-15-12(3-1)13(6-10-16-17-13)11-4-8-14-9-5-11/h1-3,6-7,10-11,14H,4-5,8-9H2. The Morgan fingerprint density at radius 3 is 2.76 bits per heavy atom. The molecule has 3 heterocycles. The van der Waals surface area contributed by atoms with Gasteiger partial charge in [-0.25, -0.2) is 0 Å². The van der Waals surface area contributed by atoms with Crippen molar-refractivity contribution in [3.8, 4) is 0 Å². The third-order valence-corrected chi connectivity index (χ3v) is 3.66. The molecule has 1 unspecified atom stereocenters. The maximum atomic E-state index is 4.48. The molecule has 0 amide bonds. The molecule has 1 fully saturated rings. The Labute approximate surface area is 101 Å². The summed E-state index contributed by atoms with van der Waals surface area (Å²) in [5, 5.41) is 11.9. The summed E-state index contributed by atoms with van der Waals surface area (Å²) in [6.45, 7) is 2.12. The summed E-state index contributed by atoms with van der Waals surface area (Å²) in [4.78, 5) is 4.48. The molecule has 2 aliphatic heterocycles. The number of aromatic nitrogens is 1. The zero-order valence-corrected chi connectivity index (χ0v) is 9.71. The van der Waals surface area contributed by atoms with Crippen LogP contribution in [0.25, 0.3) is 0 Å². The quantitative estimate of drug-likeness (QED) is 0.844. The van der Waals surface area contributed by atoms with E-state index in [1.54, 1.807) is 6.20 Å². The Hall–Kier alpha value is -1.55. The van der Waals surface area contributed by atoms with Crippen LogP contribution >= 0.6 is 0 Å². The Morgan fingerprint density at radius 2 is 2.12 bits per heavy atom. The van der Waals surface area contributed by atoms with Crippen molar-refractivity contribution in [3.63, 3.8) is 0 Å². The van der Waals surface area contributed by atoms with Gasteiger partial charge in [0.1, 0.15) is 5.54 Å². The second-order valence-electron chi connectivity index (χ2n) is 4.60. The second kappa shape index (κ2) is 4.37. The molecule has 0 aromatic carbocycles. The minimum Gasteiger partial charge on any atom is -0.317 e. The number of nitrogens with zero attached hydrogens (tertiary/aromatic N) is 3. The number of azo groups is 1. The van der Waals surface area contributed by atoms with Gasteiger partial charge in [0.2, 0.25) is 0 Å². The first-order valence-electron chi connectivity index (χ1n) is 6.14. The zero-order chi connectivity index (χ0) is 11.6. The van der Waals surface area contributed by atoms with E-state index in [9.17, 15) is 0 Å². The Bertz CT molecular complexity index is 420. The molecule has 3 rings (SSSR count). The van der Waals surface area contributed by atoms with Gasteiger partial charge in [0.05, 0.1) is 5.69 Å². The van der Waals surface area contributed by atoms with E-state index >= 15 is 0 Å². The zero-order valence-electron chi connectivity index (χ0n) is 9.71. The first kappa shape index (κ1) is 10.6. The third-order valence-electron chi connectivity index (χ3n) is 3.66. The highest BCUT2D eigenvalue weighted by atomic mass is 15.2. The number of hydrogen-bond acceptors (Lipinski definition) is 4. The lowest BCUT2D eigenvalue weighted by atomic mass is 9.76. The van der Waals surface area contributed by atoms with Crippen LogP contribution in [0.2, 0.25) is 0 Å². The van der Waals surface area contributed by atoms with Crippen LogP contribution in [-0.4, -0.2) is 18.1 Å². The monoisotopic (exact) mass is 228 g/mol. The number of pyridine rings is 1. The van der Waals surface area contributed by atoms with Crippen molar-refractivity contribution in [1.29, 1.82) is 0 Å². The lowest BCUT2D eigenvalue weighted by Gasteiger charge is -2.34. The predicted molar refractivity (Wildman–Crippen MR) is 65.5 cm³/mol. The minimum absolute atomic E-state index is 0.316. The van der Waals surface area contributed by atoms with E-state index in [2.05, 4.69) is 32.7 Å². The average molecular weight is 228 g/mol. The Balaban J connectivity index is 1.99. The van der Waals surface area contributed by atoms with Gasteiger partial charge in [-0.15, -0.1) is 0 Å². The van der Waals surface area contributed by atoms with Crippen LogP contribution in [0, 0.1) is 5.92 Å². The topological polar surface area (TPSA) is 49.6 Å². The van der Waals surface area contributed by atoms with E-state index in [0.29, 0.717) is 5.92 Å². The highest BCUT2D eigenvalue weighted by molar-refractivity contribution is 5.27. The molecule has 88 valence electrons. The van der Waals surface area contributed by atoms with Gasteiger partial charge in [0, 0.05) is 12.4 Å². The van der Waals surface area contributed by atoms with Gasteiger partial charge in [0.25, 0.3) is 0 Å². The number of hydrogen-bond donors (Lipinski definition) is 1. The predicted octanol–water partition coefficient (Wildman–Crippen LogP) is 2.26. The third kappa shape index (κ3) is 1.78. The first-order chi connectivity index (χ1) is 8.42. The fourth-order valence-corrected chi connectivity index (χ4v) is 2.73. The van der Waals surface area contributed by atoms with Crippen molar-refractivity contribution in [1.82, 2.24) is 10.3 Å². The van der Waals surface area contributed by atoms with Gasteiger partial charge >= 0.3 is 0 Å². The summed E-state index contributed by atoms with van der Waals surface area (Å²) in [5.74, 6) is 0.501. The van der Waals surface area contributed by atoms with Crippen molar-refractivity contribution < 1.29 is 0 Å². The largest absolute Gasteiger partial charge is 0.317 e. The molecule has 1 aromatic heterocycles. The summed E-state index contributed by atoms with van der Waals surface area (Å²) in [6.07, 6.45) is 7.99. The van der Waals surface area contributed by atoms with Crippen molar-refractivity contribution >= 4 is 0 Å². The molecule has 2 aliphatic rings. The van der Waals surface area contributed by atoms with Gasteiger partial charge in [-0.1, -0.05) is 6.07 Å². The Morgan fingerprint density at radius 1 is 1.24 bits per heavy atom. The molecule has 0 saturated carbocycles. The van der Waals surface area contributed by atoms with E-state index < -0.39 is 0 Å². The summed E-state index contributed by atoms with van der Waals surface area (Å²) < 4.78 is 0. The van der Waals surface area contributed by atoms with Crippen LogP contribution in [0.3, 0.4) is 0 Å². The van der Waals surface area contributed by atoms with Gasteiger partial charge in [-0.3, -0.25) is 4.98 Å². The molecule has 4 heteroatoms. The van der Waals surface area contributed by atoms with Gasteiger partial charge < -0.3 is 5.32 Å².